The van der Waals surface area contributed by atoms with Gasteiger partial charge in [0, 0.05) is 5.56 Å². The highest BCUT2D eigenvalue weighted by Crippen LogP contribution is 2.30. The number of rotatable bonds is 4. The maximum Gasteiger partial charge on any atom is 0.182 e. The van der Waals surface area contributed by atoms with E-state index in [9.17, 15) is 4.79 Å². The van der Waals surface area contributed by atoms with E-state index in [2.05, 4.69) is 0 Å². The first kappa shape index (κ1) is 14.1. The molecule has 0 N–H and O–H groups in total. The summed E-state index contributed by atoms with van der Waals surface area (Å²) in [5, 5.41) is -1.30. The van der Waals surface area contributed by atoms with Crippen LogP contribution in [-0.2, 0) is 0 Å². The van der Waals surface area contributed by atoms with Crippen molar-refractivity contribution in [3.8, 4) is 0 Å². The molecule has 2 aromatic rings. The molecule has 0 saturated carbocycles. The van der Waals surface area contributed by atoms with Crippen LogP contribution in [0.15, 0.2) is 54.6 Å². The molecule has 0 bridgehead atoms. The van der Waals surface area contributed by atoms with Crippen LogP contribution in [0.25, 0.3) is 0 Å². The van der Waals surface area contributed by atoms with Crippen LogP contribution in [0, 0.1) is 6.92 Å². The maximum absolute atomic E-state index is 12.2. The van der Waals surface area contributed by atoms with Gasteiger partial charge in [0.15, 0.2) is 5.78 Å². The van der Waals surface area contributed by atoms with E-state index in [1.54, 1.807) is 12.1 Å². The minimum absolute atomic E-state index is 0.150. The van der Waals surface area contributed by atoms with E-state index in [1.165, 1.54) is 0 Å². The summed E-state index contributed by atoms with van der Waals surface area (Å²) in [5.74, 6) is -0.150. The summed E-state index contributed by atoms with van der Waals surface area (Å²) in [7, 11) is 0. The molecule has 0 aliphatic heterocycles. The van der Waals surface area contributed by atoms with Crippen molar-refractivity contribution in [2.75, 3.05) is 0 Å². The van der Waals surface area contributed by atoms with Gasteiger partial charge < -0.3 is 0 Å². The fourth-order valence-corrected chi connectivity index (χ4v) is 2.35. The fraction of sp³-hybridized carbons (Fsp3) is 0.188. The van der Waals surface area contributed by atoms with Crippen LogP contribution in [0.5, 0.6) is 0 Å². The Morgan fingerprint density at radius 2 is 1.53 bits per heavy atom. The zero-order chi connectivity index (χ0) is 13.8. The number of hydrogen-bond donors (Lipinski definition) is 0. The molecule has 1 nitrogen and oxygen atoms in total. The normalized spacial score (nSPS) is 13.8. The lowest BCUT2D eigenvalue weighted by atomic mass is 10.0. The van der Waals surface area contributed by atoms with E-state index in [0.29, 0.717) is 5.56 Å². The van der Waals surface area contributed by atoms with Crippen LogP contribution >= 0.6 is 23.2 Å². The minimum atomic E-state index is -0.772. The van der Waals surface area contributed by atoms with Gasteiger partial charge in [-0.25, -0.2) is 0 Å². The van der Waals surface area contributed by atoms with E-state index < -0.39 is 10.8 Å². The second kappa shape index (κ2) is 6.23. The first-order valence-electron chi connectivity index (χ1n) is 6.03. The SMILES string of the molecule is Cc1ccc([C@H](Cl)[C@@H](Cl)C(=O)c2ccccc2)cc1. The summed E-state index contributed by atoms with van der Waals surface area (Å²) in [6, 6.07) is 16.7. The first-order chi connectivity index (χ1) is 9.09. The highest BCUT2D eigenvalue weighted by atomic mass is 35.5. The predicted octanol–water partition coefficient (Wildman–Crippen LogP) is 4.77. The molecule has 19 heavy (non-hydrogen) atoms. The van der Waals surface area contributed by atoms with Gasteiger partial charge in [-0.2, -0.15) is 0 Å². The average Bonchev–Trinajstić information content (AvgIpc) is 2.46. The third-order valence-electron chi connectivity index (χ3n) is 2.96. The van der Waals surface area contributed by atoms with Gasteiger partial charge in [0.1, 0.15) is 5.38 Å². The Morgan fingerprint density at radius 1 is 0.947 bits per heavy atom. The van der Waals surface area contributed by atoms with Crippen molar-refractivity contribution in [1.29, 1.82) is 0 Å². The van der Waals surface area contributed by atoms with Crippen molar-refractivity contribution in [1.82, 2.24) is 0 Å². The number of halogens is 2. The van der Waals surface area contributed by atoms with Crippen LogP contribution in [0.3, 0.4) is 0 Å². The molecule has 2 aromatic carbocycles. The second-order valence-electron chi connectivity index (χ2n) is 4.44. The molecular weight excluding hydrogens is 279 g/mol. The third kappa shape index (κ3) is 3.37. The Balaban J connectivity index is 2.17. The molecule has 0 spiro atoms. The largest absolute Gasteiger partial charge is 0.292 e. The van der Waals surface area contributed by atoms with E-state index >= 15 is 0 Å². The van der Waals surface area contributed by atoms with Gasteiger partial charge in [-0.05, 0) is 12.5 Å². The number of carbonyl (C=O) groups is 1. The van der Waals surface area contributed by atoms with Gasteiger partial charge in [0.2, 0.25) is 0 Å². The molecule has 0 heterocycles. The van der Waals surface area contributed by atoms with Crippen LogP contribution in [0.2, 0.25) is 0 Å². The Morgan fingerprint density at radius 3 is 2.11 bits per heavy atom. The molecule has 0 aliphatic carbocycles. The molecule has 0 aliphatic rings. The van der Waals surface area contributed by atoms with Crippen LogP contribution < -0.4 is 0 Å². The van der Waals surface area contributed by atoms with Crippen molar-refractivity contribution in [2.24, 2.45) is 0 Å². The van der Waals surface area contributed by atoms with Gasteiger partial charge in [-0.1, -0.05) is 60.2 Å². The highest BCUT2D eigenvalue weighted by molar-refractivity contribution is 6.39. The lowest BCUT2D eigenvalue weighted by Crippen LogP contribution is -2.19. The van der Waals surface area contributed by atoms with Gasteiger partial charge in [0.25, 0.3) is 0 Å². The summed E-state index contributed by atoms with van der Waals surface area (Å²) in [5.41, 5.74) is 2.59. The third-order valence-corrected chi connectivity index (χ3v) is 4.04. The molecule has 0 unspecified atom stereocenters. The van der Waals surface area contributed by atoms with E-state index in [0.717, 1.165) is 11.1 Å². The standard InChI is InChI=1S/C16H14Cl2O/c1-11-7-9-12(10-8-11)14(17)15(18)16(19)13-5-3-2-4-6-13/h2-10,14-15H,1H3/t14-,15+/m0/s1. The summed E-state index contributed by atoms with van der Waals surface area (Å²) >= 11 is 12.5. The summed E-state index contributed by atoms with van der Waals surface area (Å²) < 4.78 is 0. The quantitative estimate of drug-likeness (QED) is 0.586. The molecular formula is C16H14Cl2O. The van der Waals surface area contributed by atoms with Gasteiger partial charge in [-0.15, -0.1) is 23.2 Å². The number of aryl methyl sites for hydroxylation is 1. The van der Waals surface area contributed by atoms with Crippen molar-refractivity contribution < 1.29 is 4.79 Å². The molecule has 3 heteroatoms. The zero-order valence-electron chi connectivity index (χ0n) is 10.5. The number of carbonyl (C=O) groups excluding carboxylic acids is 1. The summed E-state index contributed by atoms with van der Waals surface area (Å²) in [4.78, 5) is 12.2. The molecule has 2 rings (SSSR count). The smallest absolute Gasteiger partial charge is 0.182 e. The molecule has 0 saturated heterocycles. The number of hydrogen-bond acceptors (Lipinski definition) is 1. The summed E-state index contributed by atoms with van der Waals surface area (Å²) in [6.07, 6.45) is 0. The lowest BCUT2D eigenvalue weighted by molar-refractivity contribution is 0.0985. The van der Waals surface area contributed by atoms with E-state index in [1.807, 2.05) is 49.4 Å². The second-order valence-corrected chi connectivity index (χ2v) is 5.38. The fourth-order valence-electron chi connectivity index (χ4n) is 1.81. The van der Waals surface area contributed by atoms with Gasteiger partial charge in [0.05, 0.1) is 5.38 Å². The Kier molecular flexibility index (Phi) is 4.62. The van der Waals surface area contributed by atoms with Crippen LogP contribution in [-0.4, -0.2) is 11.2 Å². The maximum atomic E-state index is 12.2. The topological polar surface area (TPSA) is 17.1 Å². The monoisotopic (exact) mass is 292 g/mol. The van der Waals surface area contributed by atoms with Crippen molar-refractivity contribution in [2.45, 2.75) is 17.7 Å². The van der Waals surface area contributed by atoms with Gasteiger partial charge >= 0.3 is 0 Å². The number of ketones is 1. The molecule has 0 aromatic heterocycles. The molecule has 0 amide bonds. The zero-order valence-corrected chi connectivity index (χ0v) is 12.0. The number of Topliss-reactive ketones (excluding diaryl/α,β-unsaturated/α-hetero) is 1. The van der Waals surface area contributed by atoms with Crippen LogP contribution in [0.4, 0.5) is 0 Å². The Labute approximate surface area is 123 Å². The van der Waals surface area contributed by atoms with Gasteiger partial charge in [-0.3, -0.25) is 4.79 Å². The number of benzene rings is 2. The summed E-state index contributed by atoms with van der Waals surface area (Å²) in [6.45, 7) is 2.00. The molecule has 98 valence electrons. The van der Waals surface area contributed by atoms with Crippen molar-refractivity contribution in [3.05, 3.63) is 71.3 Å². The predicted molar refractivity (Wildman–Crippen MR) is 80.2 cm³/mol. The Bertz CT molecular complexity index is 549. The molecule has 0 radical (unpaired) electrons. The van der Waals surface area contributed by atoms with Crippen molar-refractivity contribution >= 4 is 29.0 Å². The van der Waals surface area contributed by atoms with E-state index in [-0.39, 0.29) is 5.78 Å². The minimum Gasteiger partial charge on any atom is -0.292 e. The van der Waals surface area contributed by atoms with E-state index in [4.69, 9.17) is 23.2 Å². The average molecular weight is 293 g/mol. The number of alkyl halides is 2. The first-order valence-corrected chi connectivity index (χ1v) is 6.91. The Hall–Kier alpha value is -1.31. The van der Waals surface area contributed by atoms with Crippen LogP contribution in [0.1, 0.15) is 26.9 Å². The molecule has 0 fully saturated rings. The highest BCUT2D eigenvalue weighted by Gasteiger charge is 2.26. The van der Waals surface area contributed by atoms with Crippen molar-refractivity contribution in [3.63, 3.8) is 0 Å². The lowest BCUT2D eigenvalue weighted by Gasteiger charge is -2.15. The molecule has 2 atom stereocenters.